The summed E-state index contributed by atoms with van der Waals surface area (Å²) >= 11 is 0. The number of nitrogens with zero attached hydrogens (tertiary/aromatic N) is 3. The van der Waals surface area contributed by atoms with E-state index >= 15 is 0 Å². The van der Waals surface area contributed by atoms with E-state index in [9.17, 15) is 18.0 Å². The number of aromatic nitrogens is 3. The van der Waals surface area contributed by atoms with E-state index in [4.69, 9.17) is 5.41 Å². The molecule has 2 N–H and O–H groups in total. The van der Waals surface area contributed by atoms with Crippen LogP contribution in [0.5, 0.6) is 0 Å². The topological polar surface area (TPSA) is 75.7 Å². The van der Waals surface area contributed by atoms with Gasteiger partial charge in [-0.2, -0.15) is 5.10 Å². The molecule has 2 heterocycles. The number of anilines is 1. The molecule has 0 unspecified atom stereocenters. The van der Waals surface area contributed by atoms with Gasteiger partial charge in [0.25, 0.3) is 0 Å². The van der Waals surface area contributed by atoms with E-state index in [-0.39, 0.29) is 22.8 Å². The predicted octanol–water partition coefficient (Wildman–Crippen LogP) is 4.54. The van der Waals surface area contributed by atoms with Gasteiger partial charge in [0.2, 0.25) is 5.43 Å². The maximum atomic E-state index is 14.9. The van der Waals surface area contributed by atoms with Crippen LogP contribution in [0.3, 0.4) is 0 Å². The van der Waals surface area contributed by atoms with Gasteiger partial charge in [-0.1, -0.05) is 18.2 Å². The molecule has 0 bridgehead atoms. The fourth-order valence-corrected chi connectivity index (χ4v) is 3.06. The van der Waals surface area contributed by atoms with Gasteiger partial charge in [-0.15, -0.1) is 0 Å². The second-order valence-electron chi connectivity index (χ2n) is 6.71. The third-order valence-corrected chi connectivity index (χ3v) is 4.58. The largest absolute Gasteiger partial charge is 0.354 e. The number of rotatable bonds is 6. The molecule has 0 fully saturated rings. The Labute approximate surface area is 180 Å². The third-order valence-electron chi connectivity index (χ3n) is 4.58. The Morgan fingerprint density at radius 1 is 0.969 bits per heavy atom. The quantitative estimate of drug-likeness (QED) is 0.437. The Kier molecular flexibility index (Phi) is 5.71. The van der Waals surface area contributed by atoms with Crippen molar-refractivity contribution in [1.82, 2.24) is 14.3 Å². The van der Waals surface area contributed by atoms with Crippen molar-refractivity contribution in [2.24, 2.45) is 0 Å². The number of hydrogen-bond donors (Lipinski definition) is 2. The van der Waals surface area contributed by atoms with Crippen LogP contribution in [0.1, 0.15) is 5.69 Å². The smallest absolute Gasteiger partial charge is 0.209 e. The minimum atomic E-state index is -1.04. The van der Waals surface area contributed by atoms with Gasteiger partial charge in [-0.25, -0.2) is 17.9 Å². The normalized spacial score (nSPS) is 11.4. The predicted molar refractivity (Wildman–Crippen MR) is 116 cm³/mol. The number of allylic oxidation sites excluding steroid dienone is 1. The Bertz CT molecular complexity index is 1360. The second-order valence-corrected chi connectivity index (χ2v) is 6.71. The highest BCUT2D eigenvalue weighted by Gasteiger charge is 2.14. The molecule has 2 aromatic heterocycles. The average molecular weight is 435 g/mol. The van der Waals surface area contributed by atoms with Crippen molar-refractivity contribution in [1.29, 1.82) is 5.41 Å². The van der Waals surface area contributed by atoms with Gasteiger partial charge >= 0.3 is 0 Å². The molecular formula is C23H16F3N5O. The zero-order valence-corrected chi connectivity index (χ0v) is 16.5. The molecule has 160 valence electrons. The van der Waals surface area contributed by atoms with E-state index in [1.807, 2.05) is 6.07 Å². The van der Waals surface area contributed by atoms with E-state index < -0.39 is 22.9 Å². The van der Waals surface area contributed by atoms with Crippen LogP contribution in [-0.4, -0.2) is 20.6 Å². The number of nitrogens with one attached hydrogen (secondary N) is 2. The highest BCUT2D eigenvalue weighted by molar-refractivity contribution is 5.86. The lowest BCUT2D eigenvalue weighted by atomic mass is 10.2. The highest BCUT2D eigenvalue weighted by atomic mass is 19.2. The summed E-state index contributed by atoms with van der Waals surface area (Å²) in [6.45, 7) is 0. The molecule has 4 aromatic rings. The summed E-state index contributed by atoms with van der Waals surface area (Å²) in [4.78, 5) is 12.5. The van der Waals surface area contributed by atoms with Crippen molar-refractivity contribution >= 4 is 17.6 Å². The molecule has 0 amide bonds. The molecule has 0 aliphatic heterocycles. The summed E-state index contributed by atoms with van der Waals surface area (Å²) in [6, 6.07) is 14.2. The molecule has 0 aliphatic rings. The van der Waals surface area contributed by atoms with Crippen molar-refractivity contribution in [3.05, 3.63) is 113 Å². The summed E-state index contributed by atoms with van der Waals surface area (Å²) in [5, 5.41) is 14.7. The lowest BCUT2D eigenvalue weighted by Gasteiger charge is -2.13. The Balaban J connectivity index is 1.72. The van der Waals surface area contributed by atoms with Gasteiger partial charge < -0.3 is 15.3 Å². The zero-order chi connectivity index (χ0) is 22.7. The SMILES string of the molecule is N=C/C=C(\Nc1ccccc1)c1nn(-c2ccc(-n3cc(F)c(F)c3)cc2F)ccc1=O. The monoisotopic (exact) mass is 435 g/mol. The minimum absolute atomic E-state index is 0.0159. The van der Waals surface area contributed by atoms with Crippen molar-refractivity contribution < 1.29 is 13.2 Å². The van der Waals surface area contributed by atoms with Gasteiger partial charge in [0, 0.05) is 48.3 Å². The first-order valence-electron chi connectivity index (χ1n) is 9.43. The van der Waals surface area contributed by atoms with Crippen LogP contribution in [0.15, 0.2) is 84.1 Å². The maximum Gasteiger partial charge on any atom is 0.209 e. The number of halogens is 3. The summed E-state index contributed by atoms with van der Waals surface area (Å²) in [7, 11) is 0. The standard InChI is InChI=1S/C23H16F3N5O/c24-17-12-16(30-13-18(25)19(26)14-30)6-7-21(17)31-11-9-22(32)23(29-31)20(8-10-27)28-15-4-2-1-3-5-15/h1-14,27-28H/b20-8-,27-10?. The summed E-state index contributed by atoms with van der Waals surface area (Å²) < 4.78 is 43.7. The molecule has 6 nitrogen and oxygen atoms in total. The van der Waals surface area contributed by atoms with Crippen LogP contribution >= 0.6 is 0 Å². The van der Waals surface area contributed by atoms with Crippen LogP contribution in [0.2, 0.25) is 0 Å². The van der Waals surface area contributed by atoms with Gasteiger partial charge in [-0.05, 0) is 30.3 Å². The molecule has 0 saturated carbocycles. The van der Waals surface area contributed by atoms with Crippen LogP contribution in [0.25, 0.3) is 17.1 Å². The second kappa shape index (κ2) is 8.76. The van der Waals surface area contributed by atoms with Crippen molar-refractivity contribution in [3.63, 3.8) is 0 Å². The summed E-state index contributed by atoms with van der Waals surface area (Å²) in [5.74, 6) is -2.80. The fraction of sp³-hybridized carbons (Fsp3) is 0. The Hall–Kier alpha value is -4.40. The Morgan fingerprint density at radius 3 is 2.34 bits per heavy atom. The Morgan fingerprint density at radius 2 is 1.69 bits per heavy atom. The van der Waals surface area contributed by atoms with Gasteiger partial charge in [0.15, 0.2) is 23.1 Å². The van der Waals surface area contributed by atoms with Gasteiger partial charge in [-0.3, -0.25) is 4.79 Å². The molecule has 32 heavy (non-hydrogen) atoms. The fourth-order valence-electron chi connectivity index (χ4n) is 3.06. The first-order chi connectivity index (χ1) is 15.5. The lowest BCUT2D eigenvalue weighted by Crippen LogP contribution is -2.19. The summed E-state index contributed by atoms with van der Waals surface area (Å²) in [6.07, 6.45) is 5.50. The average Bonchev–Trinajstić information content (AvgIpc) is 3.13. The maximum absolute atomic E-state index is 14.9. The van der Waals surface area contributed by atoms with Crippen molar-refractivity contribution in [2.75, 3.05) is 5.32 Å². The number of hydrogen-bond acceptors (Lipinski definition) is 4. The van der Waals surface area contributed by atoms with Crippen molar-refractivity contribution in [3.8, 4) is 11.4 Å². The minimum Gasteiger partial charge on any atom is -0.354 e. The third kappa shape index (κ3) is 4.22. The van der Waals surface area contributed by atoms with E-state index in [1.165, 1.54) is 35.2 Å². The zero-order valence-electron chi connectivity index (χ0n) is 16.5. The van der Waals surface area contributed by atoms with Crippen LogP contribution < -0.4 is 10.7 Å². The molecule has 0 radical (unpaired) electrons. The molecule has 9 heteroatoms. The molecule has 0 saturated heterocycles. The molecule has 0 aliphatic carbocycles. The van der Waals surface area contributed by atoms with Crippen molar-refractivity contribution in [2.45, 2.75) is 0 Å². The van der Waals surface area contributed by atoms with Crippen LogP contribution in [-0.2, 0) is 0 Å². The van der Waals surface area contributed by atoms with Gasteiger partial charge in [0.1, 0.15) is 5.69 Å². The molecular weight excluding hydrogens is 419 g/mol. The lowest BCUT2D eigenvalue weighted by molar-refractivity contribution is 0.516. The number of benzene rings is 2. The van der Waals surface area contributed by atoms with Crippen LogP contribution in [0, 0.1) is 22.9 Å². The molecule has 4 rings (SSSR count). The van der Waals surface area contributed by atoms with E-state index in [1.54, 1.807) is 24.3 Å². The van der Waals surface area contributed by atoms with E-state index in [0.29, 0.717) is 5.69 Å². The van der Waals surface area contributed by atoms with Crippen LogP contribution in [0.4, 0.5) is 18.9 Å². The first-order valence-corrected chi connectivity index (χ1v) is 9.43. The van der Waals surface area contributed by atoms with E-state index in [0.717, 1.165) is 29.2 Å². The number of para-hydroxylation sites is 1. The summed E-state index contributed by atoms with van der Waals surface area (Å²) in [5.41, 5.74) is 0.744. The van der Waals surface area contributed by atoms with Gasteiger partial charge in [0.05, 0.1) is 5.70 Å². The molecule has 0 atom stereocenters. The highest BCUT2D eigenvalue weighted by Crippen LogP contribution is 2.20. The van der Waals surface area contributed by atoms with E-state index in [2.05, 4.69) is 10.4 Å². The molecule has 2 aromatic carbocycles. The molecule has 0 spiro atoms. The first kappa shape index (κ1) is 20.9.